The lowest BCUT2D eigenvalue weighted by Gasteiger charge is -2.32. The predicted molar refractivity (Wildman–Crippen MR) is 125 cm³/mol. The molecule has 2 aromatic heterocycles. The molecule has 2 N–H and O–H groups in total. The number of benzene rings is 1. The SMILES string of the molecule is O=C(Nc1cccc(Cl)c1)c1ccc(N2CCC(C(=O)NCc3cccnc3)CC2)nc1. The lowest BCUT2D eigenvalue weighted by atomic mass is 9.96. The summed E-state index contributed by atoms with van der Waals surface area (Å²) in [6.45, 7) is 1.98. The topological polar surface area (TPSA) is 87.2 Å². The van der Waals surface area contributed by atoms with Gasteiger partial charge in [0, 0.05) is 54.9 Å². The summed E-state index contributed by atoms with van der Waals surface area (Å²) in [6, 6.07) is 14.4. The number of hydrogen-bond acceptors (Lipinski definition) is 5. The van der Waals surface area contributed by atoms with E-state index < -0.39 is 0 Å². The highest BCUT2D eigenvalue weighted by atomic mass is 35.5. The van der Waals surface area contributed by atoms with Crippen LogP contribution in [0, 0.1) is 5.92 Å². The van der Waals surface area contributed by atoms with E-state index in [9.17, 15) is 9.59 Å². The van der Waals surface area contributed by atoms with Crippen molar-refractivity contribution >= 4 is 34.9 Å². The zero-order valence-corrected chi connectivity index (χ0v) is 18.3. The first-order valence-corrected chi connectivity index (χ1v) is 10.9. The second kappa shape index (κ2) is 10.2. The molecule has 0 spiro atoms. The number of hydrogen-bond donors (Lipinski definition) is 2. The molecule has 0 atom stereocenters. The highest BCUT2D eigenvalue weighted by Crippen LogP contribution is 2.23. The van der Waals surface area contributed by atoms with Gasteiger partial charge < -0.3 is 15.5 Å². The molecule has 3 aromatic rings. The summed E-state index contributed by atoms with van der Waals surface area (Å²) in [4.78, 5) is 35.6. The summed E-state index contributed by atoms with van der Waals surface area (Å²) in [7, 11) is 0. The third-order valence-corrected chi connectivity index (χ3v) is 5.71. The number of nitrogens with one attached hydrogen (secondary N) is 2. The van der Waals surface area contributed by atoms with Gasteiger partial charge in [-0.15, -0.1) is 0 Å². The van der Waals surface area contributed by atoms with E-state index in [2.05, 4.69) is 25.5 Å². The quantitative estimate of drug-likeness (QED) is 0.595. The number of amides is 2. The van der Waals surface area contributed by atoms with Crippen LogP contribution in [-0.2, 0) is 11.3 Å². The van der Waals surface area contributed by atoms with Crippen LogP contribution in [0.5, 0.6) is 0 Å². The van der Waals surface area contributed by atoms with Gasteiger partial charge >= 0.3 is 0 Å². The number of piperidine rings is 1. The van der Waals surface area contributed by atoms with E-state index in [-0.39, 0.29) is 17.7 Å². The van der Waals surface area contributed by atoms with Gasteiger partial charge in [-0.25, -0.2) is 4.98 Å². The number of rotatable bonds is 6. The van der Waals surface area contributed by atoms with E-state index in [1.54, 1.807) is 48.9 Å². The maximum absolute atomic E-state index is 12.5. The first kappa shape index (κ1) is 21.8. The van der Waals surface area contributed by atoms with Crippen molar-refractivity contribution in [2.45, 2.75) is 19.4 Å². The minimum absolute atomic E-state index is 0.00864. The Hall–Kier alpha value is -3.45. The Morgan fingerprint density at radius 2 is 1.91 bits per heavy atom. The van der Waals surface area contributed by atoms with Crippen LogP contribution in [0.15, 0.2) is 67.1 Å². The molecule has 32 heavy (non-hydrogen) atoms. The molecule has 0 saturated carbocycles. The third-order valence-electron chi connectivity index (χ3n) is 5.47. The molecular weight excluding hydrogens is 426 g/mol. The fraction of sp³-hybridized carbons (Fsp3) is 0.250. The summed E-state index contributed by atoms with van der Waals surface area (Å²) in [5.41, 5.74) is 2.09. The number of carbonyl (C=O) groups excluding carboxylic acids is 2. The Labute approximate surface area is 191 Å². The molecule has 0 unspecified atom stereocenters. The molecule has 0 bridgehead atoms. The maximum Gasteiger partial charge on any atom is 0.257 e. The van der Waals surface area contributed by atoms with Crippen molar-refractivity contribution in [2.75, 3.05) is 23.3 Å². The van der Waals surface area contributed by atoms with Crippen molar-refractivity contribution in [3.63, 3.8) is 0 Å². The largest absolute Gasteiger partial charge is 0.357 e. The molecule has 1 aliphatic heterocycles. The van der Waals surface area contributed by atoms with Crippen LogP contribution in [0.25, 0.3) is 0 Å². The molecule has 8 heteroatoms. The summed E-state index contributed by atoms with van der Waals surface area (Å²) < 4.78 is 0. The van der Waals surface area contributed by atoms with Crippen LogP contribution in [0.1, 0.15) is 28.8 Å². The first-order valence-electron chi connectivity index (χ1n) is 10.5. The standard InChI is InChI=1S/C24H24ClN5O2/c25-20-4-1-5-21(13-20)29-24(32)19-6-7-22(27-16-19)30-11-8-18(9-12-30)23(31)28-15-17-3-2-10-26-14-17/h1-7,10,13-14,16,18H,8-9,11-12,15H2,(H,28,31)(H,29,32). The molecule has 7 nitrogen and oxygen atoms in total. The number of carbonyl (C=O) groups is 2. The van der Waals surface area contributed by atoms with Crippen molar-refractivity contribution in [1.82, 2.24) is 15.3 Å². The smallest absolute Gasteiger partial charge is 0.257 e. The van der Waals surface area contributed by atoms with Crippen LogP contribution in [0.2, 0.25) is 5.02 Å². The number of anilines is 2. The molecule has 164 valence electrons. The van der Waals surface area contributed by atoms with Crippen LogP contribution in [0.3, 0.4) is 0 Å². The van der Waals surface area contributed by atoms with E-state index in [0.717, 1.165) is 37.3 Å². The average molecular weight is 450 g/mol. The van der Waals surface area contributed by atoms with E-state index in [1.807, 2.05) is 18.2 Å². The Morgan fingerprint density at radius 1 is 1.06 bits per heavy atom. The minimum atomic E-state index is -0.240. The van der Waals surface area contributed by atoms with Gasteiger partial charge in [-0.3, -0.25) is 14.6 Å². The fourth-order valence-electron chi connectivity index (χ4n) is 3.68. The Bertz CT molecular complexity index is 1070. The van der Waals surface area contributed by atoms with Crippen LogP contribution < -0.4 is 15.5 Å². The first-order chi connectivity index (χ1) is 15.6. The van der Waals surface area contributed by atoms with Gasteiger partial charge in [-0.2, -0.15) is 0 Å². The van der Waals surface area contributed by atoms with E-state index in [1.165, 1.54) is 0 Å². The van der Waals surface area contributed by atoms with Crippen LogP contribution >= 0.6 is 11.6 Å². The summed E-state index contributed by atoms with van der Waals surface area (Å²) >= 11 is 5.96. The molecule has 4 rings (SSSR count). The van der Waals surface area contributed by atoms with Crippen molar-refractivity contribution in [1.29, 1.82) is 0 Å². The summed E-state index contributed by atoms with van der Waals surface area (Å²) in [5, 5.41) is 6.38. The van der Waals surface area contributed by atoms with E-state index in [4.69, 9.17) is 11.6 Å². The second-order valence-electron chi connectivity index (χ2n) is 7.71. The Morgan fingerprint density at radius 3 is 2.59 bits per heavy atom. The zero-order valence-electron chi connectivity index (χ0n) is 17.5. The van der Waals surface area contributed by atoms with Crippen molar-refractivity contribution in [2.24, 2.45) is 5.92 Å². The van der Waals surface area contributed by atoms with E-state index in [0.29, 0.717) is 22.8 Å². The lowest BCUT2D eigenvalue weighted by Crippen LogP contribution is -2.40. The third kappa shape index (κ3) is 5.62. The van der Waals surface area contributed by atoms with Gasteiger partial charge in [0.2, 0.25) is 5.91 Å². The molecule has 3 heterocycles. The molecule has 1 saturated heterocycles. The van der Waals surface area contributed by atoms with Crippen LogP contribution in [0.4, 0.5) is 11.5 Å². The minimum Gasteiger partial charge on any atom is -0.357 e. The Kier molecular flexibility index (Phi) is 6.97. The molecule has 1 aliphatic rings. The van der Waals surface area contributed by atoms with Gasteiger partial charge in [0.1, 0.15) is 5.82 Å². The number of aromatic nitrogens is 2. The fourth-order valence-corrected chi connectivity index (χ4v) is 3.87. The van der Waals surface area contributed by atoms with Crippen molar-refractivity contribution in [3.05, 3.63) is 83.3 Å². The summed E-state index contributed by atoms with van der Waals surface area (Å²) in [5.74, 6) is 0.633. The van der Waals surface area contributed by atoms with Crippen molar-refractivity contribution < 1.29 is 9.59 Å². The van der Waals surface area contributed by atoms with Gasteiger partial charge in [0.25, 0.3) is 5.91 Å². The van der Waals surface area contributed by atoms with E-state index >= 15 is 0 Å². The molecule has 2 amide bonds. The summed E-state index contributed by atoms with van der Waals surface area (Å²) in [6.07, 6.45) is 6.57. The normalized spacial score (nSPS) is 14.1. The van der Waals surface area contributed by atoms with Gasteiger partial charge in [-0.1, -0.05) is 23.7 Å². The molecular formula is C24H24ClN5O2. The predicted octanol–water partition coefficient (Wildman–Crippen LogP) is 3.92. The molecule has 1 fully saturated rings. The number of pyridine rings is 2. The molecule has 0 aliphatic carbocycles. The monoisotopic (exact) mass is 449 g/mol. The van der Waals surface area contributed by atoms with Gasteiger partial charge in [0.05, 0.1) is 5.56 Å². The maximum atomic E-state index is 12.5. The highest BCUT2D eigenvalue weighted by Gasteiger charge is 2.25. The molecule has 1 aromatic carbocycles. The van der Waals surface area contributed by atoms with Gasteiger partial charge in [-0.05, 0) is 54.8 Å². The number of nitrogens with zero attached hydrogens (tertiary/aromatic N) is 3. The zero-order chi connectivity index (χ0) is 22.3. The van der Waals surface area contributed by atoms with Crippen molar-refractivity contribution in [3.8, 4) is 0 Å². The second-order valence-corrected chi connectivity index (χ2v) is 8.15. The lowest BCUT2D eigenvalue weighted by molar-refractivity contribution is -0.125. The Balaban J connectivity index is 1.27. The highest BCUT2D eigenvalue weighted by molar-refractivity contribution is 6.30. The average Bonchev–Trinajstić information content (AvgIpc) is 2.83. The number of halogens is 1. The van der Waals surface area contributed by atoms with Crippen LogP contribution in [-0.4, -0.2) is 34.9 Å². The van der Waals surface area contributed by atoms with Gasteiger partial charge in [0.15, 0.2) is 0 Å². The molecule has 0 radical (unpaired) electrons.